The lowest BCUT2D eigenvalue weighted by molar-refractivity contribution is -0.139. The van der Waals surface area contributed by atoms with Crippen molar-refractivity contribution in [3.05, 3.63) is 77.9 Å². The average Bonchev–Trinajstić information content (AvgIpc) is 3.03. The highest BCUT2D eigenvalue weighted by molar-refractivity contribution is 7.98. The van der Waals surface area contributed by atoms with Crippen molar-refractivity contribution in [2.45, 2.75) is 24.8 Å². The van der Waals surface area contributed by atoms with Crippen LogP contribution >= 0.6 is 11.8 Å². The lowest BCUT2D eigenvalue weighted by Gasteiger charge is -2.21. The third kappa shape index (κ3) is 10.3. The molecule has 240 valence electrons. The standard InChI is InChI=1S/C32H38N4O8S/c1-42-26-13-11-21(18-28(26)44-3)23(31(39)40)19-33-30(38)25(14-15-45-4)35-29(37)17-20-10-12-24(27(16-20)43-2)36-32(41)34-22-8-6-5-7-9-22/h5-13,16,18,23,25H,14-15,17,19H2,1-4H3,(H,33,38)(H,35,37)(H,39,40)(H2,34,36,41)/t23?,25-/m0/s1. The van der Waals surface area contributed by atoms with Crippen molar-refractivity contribution >= 4 is 47.0 Å². The summed E-state index contributed by atoms with van der Waals surface area (Å²) in [6.07, 6.45) is 2.17. The van der Waals surface area contributed by atoms with Crippen LogP contribution in [0, 0.1) is 0 Å². The van der Waals surface area contributed by atoms with Crippen LogP contribution in [0.3, 0.4) is 0 Å². The number of methoxy groups -OCH3 is 3. The summed E-state index contributed by atoms with van der Waals surface area (Å²) in [5, 5.41) is 20.8. The number of benzene rings is 3. The molecule has 0 bridgehead atoms. The molecule has 0 fully saturated rings. The van der Waals surface area contributed by atoms with E-state index in [1.807, 2.05) is 12.3 Å². The first-order valence-electron chi connectivity index (χ1n) is 14.0. The Bertz CT molecular complexity index is 1470. The van der Waals surface area contributed by atoms with Crippen molar-refractivity contribution in [2.75, 3.05) is 50.5 Å². The summed E-state index contributed by atoms with van der Waals surface area (Å²) in [7, 11) is 4.38. The van der Waals surface area contributed by atoms with Gasteiger partial charge in [-0.05, 0) is 66.0 Å². The van der Waals surface area contributed by atoms with E-state index in [-0.39, 0.29) is 13.0 Å². The van der Waals surface area contributed by atoms with E-state index in [9.17, 15) is 24.3 Å². The molecular weight excluding hydrogens is 600 g/mol. The van der Waals surface area contributed by atoms with Crippen LogP contribution < -0.4 is 35.5 Å². The zero-order valence-corrected chi connectivity index (χ0v) is 26.4. The lowest BCUT2D eigenvalue weighted by Crippen LogP contribution is -2.48. The van der Waals surface area contributed by atoms with Crippen molar-refractivity contribution in [3.63, 3.8) is 0 Å². The number of para-hydroxylation sites is 1. The predicted octanol–water partition coefficient (Wildman–Crippen LogP) is 4.12. The largest absolute Gasteiger partial charge is 0.495 e. The number of carbonyl (C=O) groups is 4. The molecular formula is C32H38N4O8S. The summed E-state index contributed by atoms with van der Waals surface area (Å²) in [5.74, 6) is -1.32. The Morgan fingerprint density at radius 1 is 0.844 bits per heavy atom. The van der Waals surface area contributed by atoms with Gasteiger partial charge in [-0.15, -0.1) is 0 Å². The number of ether oxygens (including phenoxy) is 3. The van der Waals surface area contributed by atoms with Gasteiger partial charge in [-0.2, -0.15) is 11.8 Å². The Kier molecular flexibility index (Phi) is 13.4. The van der Waals surface area contributed by atoms with Gasteiger partial charge in [0.25, 0.3) is 0 Å². The number of carboxylic acids is 1. The summed E-state index contributed by atoms with van der Waals surface area (Å²) in [6.45, 7) is -0.196. The summed E-state index contributed by atoms with van der Waals surface area (Å²) >= 11 is 1.52. The van der Waals surface area contributed by atoms with Gasteiger partial charge in [-0.3, -0.25) is 14.4 Å². The number of carbonyl (C=O) groups excluding carboxylic acids is 3. The van der Waals surface area contributed by atoms with E-state index in [1.165, 1.54) is 33.1 Å². The molecule has 4 amide bonds. The van der Waals surface area contributed by atoms with Crippen LogP contribution in [0.15, 0.2) is 66.7 Å². The first-order chi connectivity index (χ1) is 21.7. The highest BCUT2D eigenvalue weighted by Gasteiger charge is 2.26. The van der Waals surface area contributed by atoms with E-state index in [0.717, 1.165) is 0 Å². The number of amides is 4. The van der Waals surface area contributed by atoms with Crippen LogP contribution in [0.2, 0.25) is 0 Å². The summed E-state index contributed by atoms with van der Waals surface area (Å²) in [4.78, 5) is 50.7. The average molecular weight is 639 g/mol. The van der Waals surface area contributed by atoms with Gasteiger partial charge in [-0.1, -0.05) is 30.3 Å². The van der Waals surface area contributed by atoms with E-state index >= 15 is 0 Å². The molecule has 0 saturated heterocycles. The number of carboxylic acid groups (broad SMARTS) is 1. The number of nitrogens with one attached hydrogen (secondary N) is 4. The maximum absolute atomic E-state index is 13.2. The molecule has 45 heavy (non-hydrogen) atoms. The second kappa shape index (κ2) is 17.4. The monoisotopic (exact) mass is 638 g/mol. The highest BCUT2D eigenvalue weighted by Crippen LogP contribution is 2.31. The van der Waals surface area contributed by atoms with Crippen LogP contribution in [0.5, 0.6) is 17.2 Å². The third-order valence-electron chi connectivity index (χ3n) is 6.76. The number of urea groups is 1. The Morgan fingerprint density at radius 2 is 1.56 bits per heavy atom. The minimum atomic E-state index is -1.13. The highest BCUT2D eigenvalue weighted by atomic mass is 32.2. The molecule has 1 unspecified atom stereocenters. The smallest absolute Gasteiger partial charge is 0.323 e. The van der Waals surface area contributed by atoms with Gasteiger partial charge in [0.05, 0.1) is 39.4 Å². The minimum absolute atomic E-state index is 0.0563. The summed E-state index contributed by atoms with van der Waals surface area (Å²) in [6, 6.07) is 17.3. The summed E-state index contributed by atoms with van der Waals surface area (Å²) < 4.78 is 15.9. The van der Waals surface area contributed by atoms with Crippen LogP contribution in [-0.4, -0.2) is 74.8 Å². The molecule has 3 rings (SSSR count). The second-order valence-electron chi connectivity index (χ2n) is 9.81. The van der Waals surface area contributed by atoms with Crippen molar-refractivity contribution < 1.29 is 38.5 Å². The zero-order valence-electron chi connectivity index (χ0n) is 25.5. The SMILES string of the molecule is COc1cc(CC(=O)N[C@@H](CCSC)C(=O)NCC(C(=O)O)c2ccc(OC)c(OC)c2)ccc1NC(=O)Nc1ccccc1. The van der Waals surface area contributed by atoms with Crippen molar-refractivity contribution in [2.24, 2.45) is 0 Å². The van der Waals surface area contributed by atoms with E-state index in [0.29, 0.717) is 51.9 Å². The Labute approximate surface area is 266 Å². The molecule has 0 saturated carbocycles. The quantitative estimate of drug-likeness (QED) is 0.155. The molecule has 0 aliphatic carbocycles. The molecule has 0 aliphatic heterocycles. The molecule has 0 radical (unpaired) electrons. The molecule has 13 heteroatoms. The van der Waals surface area contributed by atoms with Gasteiger partial charge in [0.2, 0.25) is 11.8 Å². The summed E-state index contributed by atoms with van der Waals surface area (Å²) in [5.41, 5.74) is 2.06. The van der Waals surface area contributed by atoms with Gasteiger partial charge in [0.1, 0.15) is 11.8 Å². The molecule has 3 aromatic rings. The molecule has 5 N–H and O–H groups in total. The van der Waals surface area contributed by atoms with Gasteiger partial charge >= 0.3 is 12.0 Å². The maximum atomic E-state index is 13.2. The van der Waals surface area contributed by atoms with Crippen molar-refractivity contribution in [1.29, 1.82) is 0 Å². The lowest BCUT2D eigenvalue weighted by atomic mass is 9.98. The van der Waals surface area contributed by atoms with Crippen LogP contribution in [0.4, 0.5) is 16.2 Å². The third-order valence-corrected chi connectivity index (χ3v) is 7.41. The predicted molar refractivity (Wildman–Crippen MR) is 174 cm³/mol. The van der Waals surface area contributed by atoms with Crippen LogP contribution in [0.25, 0.3) is 0 Å². The van der Waals surface area contributed by atoms with Crippen LogP contribution in [0.1, 0.15) is 23.5 Å². The molecule has 3 aromatic carbocycles. The topological polar surface area (TPSA) is 164 Å². The van der Waals surface area contributed by atoms with Gasteiger partial charge in [0, 0.05) is 12.2 Å². The molecule has 0 spiro atoms. The Balaban J connectivity index is 1.64. The molecule has 0 aromatic heterocycles. The number of thioether (sulfide) groups is 1. The number of anilines is 2. The molecule has 0 aliphatic rings. The van der Waals surface area contributed by atoms with E-state index < -0.39 is 35.8 Å². The fourth-order valence-corrected chi connectivity index (χ4v) is 4.90. The first-order valence-corrected chi connectivity index (χ1v) is 15.4. The van der Waals surface area contributed by atoms with Gasteiger partial charge < -0.3 is 40.6 Å². The molecule has 12 nitrogen and oxygen atoms in total. The number of aliphatic carboxylic acids is 1. The number of rotatable bonds is 16. The van der Waals surface area contributed by atoms with Gasteiger partial charge in [-0.25, -0.2) is 4.79 Å². The normalized spacial score (nSPS) is 11.8. The molecule has 0 heterocycles. The fourth-order valence-electron chi connectivity index (χ4n) is 4.43. The Morgan fingerprint density at radius 3 is 2.20 bits per heavy atom. The Hall–Kier alpha value is -4.91. The van der Waals surface area contributed by atoms with Crippen LogP contribution in [-0.2, 0) is 20.8 Å². The van der Waals surface area contributed by atoms with Crippen molar-refractivity contribution in [1.82, 2.24) is 10.6 Å². The number of hydrogen-bond donors (Lipinski definition) is 5. The second-order valence-corrected chi connectivity index (χ2v) is 10.8. The molecule has 2 atom stereocenters. The van der Waals surface area contributed by atoms with Gasteiger partial charge in [0.15, 0.2) is 11.5 Å². The minimum Gasteiger partial charge on any atom is -0.495 e. The van der Waals surface area contributed by atoms with Crippen molar-refractivity contribution in [3.8, 4) is 17.2 Å². The van der Waals surface area contributed by atoms with E-state index in [2.05, 4.69) is 21.3 Å². The van der Waals surface area contributed by atoms with E-state index in [1.54, 1.807) is 60.7 Å². The van der Waals surface area contributed by atoms with E-state index in [4.69, 9.17) is 14.2 Å². The maximum Gasteiger partial charge on any atom is 0.323 e. The fraction of sp³-hybridized carbons (Fsp3) is 0.312. The zero-order chi connectivity index (χ0) is 32.8. The number of hydrogen-bond acceptors (Lipinski definition) is 8. The first kappa shape index (κ1) is 34.6.